The first-order chi connectivity index (χ1) is 8.46. The highest BCUT2D eigenvalue weighted by molar-refractivity contribution is 5.78. The molecule has 1 aromatic carbocycles. The summed E-state index contributed by atoms with van der Waals surface area (Å²) in [6.07, 6.45) is 2.50. The number of hydrogen-bond acceptors (Lipinski definition) is 3. The van der Waals surface area contributed by atoms with Gasteiger partial charge in [-0.2, -0.15) is 0 Å². The number of fused-ring (bicyclic) bond motifs is 1. The molecule has 18 heavy (non-hydrogen) atoms. The quantitative estimate of drug-likeness (QED) is 0.860. The van der Waals surface area contributed by atoms with E-state index in [9.17, 15) is 9.90 Å². The van der Waals surface area contributed by atoms with Gasteiger partial charge < -0.3 is 14.9 Å². The van der Waals surface area contributed by atoms with Crippen molar-refractivity contribution in [1.29, 1.82) is 0 Å². The maximum Gasteiger partial charge on any atom is 0.336 e. The number of carboxylic acids is 1. The molecule has 0 bridgehead atoms. The van der Waals surface area contributed by atoms with E-state index in [1.807, 2.05) is 18.2 Å². The molecule has 2 unspecified atom stereocenters. The Morgan fingerprint density at radius 3 is 2.83 bits per heavy atom. The summed E-state index contributed by atoms with van der Waals surface area (Å²) in [5, 5.41) is 19.4. The van der Waals surface area contributed by atoms with Crippen molar-refractivity contribution in [2.45, 2.75) is 37.7 Å². The Morgan fingerprint density at radius 2 is 2.22 bits per heavy atom. The van der Waals surface area contributed by atoms with Gasteiger partial charge in [0.05, 0.1) is 7.11 Å². The third kappa shape index (κ3) is 2.08. The second-order valence-electron chi connectivity index (χ2n) is 4.96. The highest BCUT2D eigenvalue weighted by Gasteiger charge is 2.42. The predicted molar refractivity (Wildman–Crippen MR) is 66.9 cm³/mol. The van der Waals surface area contributed by atoms with Crippen LogP contribution in [0.3, 0.4) is 0 Å². The lowest BCUT2D eigenvalue weighted by molar-refractivity contribution is -0.159. The van der Waals surface area contributed by atoms with Crippen LogP contribution in [0.25, 0.3) is 0 Å². The molecule has 2 atom stereocenters. The number of aliphatic hydroxyl groups is 1. The zero-order chi connectivity index (χ0) is 13.3. The summed E-state index contributed by atoms with van der Waals surface area (Å²) >= 11 is 0. The van der Waals surface area contributed by atoms with Gasteiger partial charge in [-0.25, -0.2) is 4.79 Å². The fraction of sp³-hybridized carbons (Fsp3) is 0.500. The number of carbonyl (C=O) groups is 1. The fourth-order valence-corrected chi connectivity index (χ4v) is 2.64. The summed E-state index contributed by atoms with van der Waals surface area (Å²) in [4.78, 5) is 11.2. The van der Waals surface area contributed by atoms with Crippen LogP contribution in [0, 0.1) is 0 Å². The number of methoxy groups -OCH3 is 1. The molecule has 0 aromatic heterocycles. The van der Waals surface area contributed by atoms with Crippen molar-refractivity contribution >= 4 is 5.97 Å². The van der Waals surface area contributed by atoms with Gasteiger partial charge in [0.15, 0.2) is 5.60 Å². The first kappa shape index (κ1) is 12.9. The smallest absolute Gasteiger partial charge is 0.336 e. The molecule has 0 aliphatic heterocycles. The number of ether oxygens (including phenoxy) is 1. The van der Waals surface area contributed by atoms with E-state index in [0.717, 1.165) is 24.0 Å². The van der Waals surface area contributed by atoms with E-state index in [1.165, 1.54) is 6.92 Å². The van der Waals surface area contributed by atoms with Gasteiger partial charge in [-0.05, 0) is 49.4 Å². The van der Waals surface area contributed by atoms with E-state index in [2.05, 4.69) is 0 Å². The topological polar surface area (TPSA) is 66.8 Å². The van der Waals surface area contributed by atoms with Crippen molar-refractivity contribution in [2.24, 2.45) is 0 Å². The molecule has 0 saturated heterocycles. The number of aliphatic carboxylic acids is 1. The van der Waals surface area contributed by atoms with Gasteiger partial charge in [-0.1, -0.05) is 6.07 Å². The van der Waals surface area contributed by atoms with E-state index in [-0.39, 0.29) is 5.92 Å². The van der Waals surface area contributed by atoms with Gasteiger partial charge in [-0.15, -0.1) is 0 Å². The summed E-state index contributed by atoms with van der Waals surface area (Å²) < 4.78 is 5.17. The SMILES string of the molecule is COc1ccc2c(c1)C(C(C)(O)C(=O)O)CCC2. The lowest BCUT2D eigenvalue weighted by Crippen LogP contribution is -2.42. The lowest BCUT2D eigenvalue weighted by atomic mass is 9.74. The standard InChI is InChI=1S/C14H18O4/c1-14(17,13(15)16)12-5-3-4-9-6-7-10(18-2)8-11(9)12/h6-8,12,17H,3-5H2,1-2H3,(H,15,16). The van der Waals surface area contributed by atoms with Crippen molar-refractivity contribution in [1.82, 2.24) is 0 Å². The van der Waals surface area contributed by atoms with Crippen LogP contribution >= 0.6 is 0 Å². The van der Waals surface area contributed by atoms with Crippen LogP contribution in [0.5, 0.6) is 5.75 Å². The van der Waals surface area contributed by atoms with Gasteiger partial charge in [0.1, 0.15) is 5.75 Å². The average molecular weight is 250 g/mol. The van der Waals surface area contributed by atoms with E-state index in [4.69, 9.17) is 9.84 Å². The Kier molecular flexibility index (Phi) is 3.30. The molecule has 0 amide bonds. The molecule has 0 heterocycles. The van der Waals surface area contributed by atoms with Gasteiger partial charge in [-0.3, -0.25) is 0 Å². The number of carboxylic acid groups (broad SMARTS) is 1. The molecule has 0 radical (unpaired) electrons. The summed E-state index contributed by atoms with van der Waals surface area (Å²) in [6.45, 7) is 1.37. The molecule has 1 aromatic rings. The van der Waals surface area contributed by atoms with Gasteiger partial charge in [0, 0.05) is 5.92 Å². The van der Waals surface area contributed by atoms with Crippen LogP contribution in [0.1, 0.15) is 36.8 Å². The zero-order valence-electron chi connectivity index (χ0n) is 10.6. The van der Waals surface area contributed by atoms with Crippen LogP contribution < -0.4 is 4.74 Å². The van der Waals surface area contributed by atoms with Crippen molar-refractivity contribution in [2.75, 3.05) is 7.11 Å². The predicted octanol–water partition coefficient (Wildman–Crippen LogP) is 1.95. The highest BCUT2D eigenvalue weighted by Crippen LogP contribution is 2.40. The Labute approximate surface area is 106 Å². The monoisotopic (exact) mass is 250 g/mol. The molecule has 1 aliphatic rings. The Hall–Kier alpha value is -1.55. The minimum absolute atomic E-state index is 0.381. The van der Waals surface area contributed by atoms with Crippen LogP contribution in [0.4, 0.5) is 0 Å². The first-order valence-electron chi connectivity index (χ1n) is 6.09. The molecule has 1 aliphatic carbocycles. The van der Waals surface area contributed by atoms with Crippen LogP contribution in [0.15, 0.2) is 18.2 Å². The molecule has 0 spiro atoms. The lowest BCUT2D eigenvalue weighted by Gasteiger charge is -2.34. The molecule has 4 heteroatoms. The summed E-state index contributed by atoms with van der Waals surface area (Å²) in [5.41, 5.74) is 0.267. The van der Waals surface area contributed by atoms with Crippen molar-refractivity contribution in [3.05, 3.63) is 29.3 Å². The Morgan fingerprint density at radius 1 is 1.50 bits per heavy atom. The number of benzene rings is 1. The van der Waals surface area contributed by atoms with E-state index in [1.54, 1.807) is 7.11 Å². The van der Waals surface area contributed by atoms with Crippen molar-refractivity contribution < 1.29 is 19.7 Å². The van der Waals surface area contributed by atoms with Crippen molar-refractivity contribution in [3.8, 4) is 5.75 Å². The number of hydrogen-bond donors (Lipinski definition) is 2. The summed E-state index contributed by atoms with van der Waals surface area (Å²) in [5.74, 6) is -0.862. The number of aryl methyl sites for hydroxylation is 1. The second-order valence-corrected chi connectivity index (χ2v) is 4.96. The van der Waals surface area contributed by atoms with Gasteiger partial charge in [0.2, 0.25) is 0 Å². The molecule has 2 rings (SSSR count). The van der Waals surface area contributed by atoms with Gasteiger partial charge >= 0.3 is 5.97 Å². The minimum Gasteiger partial charge on any atom is -0.497 e. The largest absolute Gasteiger partial charge is 0.497 e. The van der Waals surface area contributed by atoms with Crippen LogP contribution in [-0.2, 0) is 11.2 Å². The zero-order valence-corrected chi connectivity index (χ0v) is 10.6. The minimum atomic E-state index is -1.73. The normalized spacial score (nSPS) is 21.8. The van der Waals surface area contributed by atoms with E-state index in [0.29, 0.717) is 12.2 Å². The third-order valence-corrected chi connectivity index (χ3v) is 3.78. The summed E-state index contributed by atoms with van der Waals surface area (Å²) in [7, 11) is 1.58. The Balaban J connectivity index is 2.46. The molecule has 2 N–H and O–H groups in total. The van der Waals surface area contributed by atoms with E-state index >= 15 is 0 Å². The van der Waals surface area contributed by atoms with Crippen LogP contribution in [-0.4, -0.2) is 28.9 Å². The molecule has 98 valence electrons. The number of rotatable bonds is 3. The fourth-order valence-electron chi connectivity index (χ4n) is 2.64. The molecular formula is C14H18O4. The first-order valence-corrected chi connectivity index (χ1v) is 6.09. The molecule has 0 saturated carbocycles. The molecular weight excluding hydrogens is 232 g/mol. The second kappa shape index (κ2) is 4.61. The van der Waals surface area contributed by atoms with Gasteiger partial charge in [0.25, 0.3) is 0 Å². The summed E-state index contributed by atoms with van der Waals surface area (Å²) in [6, 6.07) is 5.67. The van der Waals surface area contributed by atoms with E-state index < -0.39 is 11.6 Å². The third-order valence-electron chi connectivity index (χ3n) is 3.78. The highest BCUT2D eigenvalue weighted by atomic mass is 16.5. The maximum absolute atomic E-state index is 11.2. The van der Waals surface area contributed by atoms with Crippen molar-refractivity contribution in [3.63, 3.8) is 0 Å². The molecule has 4 nitrogen and oxygen atoms in total. The molecule has 0 fully saturated rings. The Bertz CT molecular complexity index is 465. The maximum atomic E-state index is 11.2. The average Bonchev–Trinajstić information content (AvgIpc) is 2.37. The van der Waals surface area contributed by atoms with Crippen LogP contribution in [0.2, 0.25) is 0 Å².